The third-order valence-electron chi connectivity index (χ3n) is 2.72. The molecule has 82 valence electrons. The molecule has 0 saturated carbocycles. The maximum Gasteiger partial charge on any atom is 0.308 e. The molecule has 1 unspecified atom stereocenters. The van der Waals surface area contributed by atoms with E-state index in [0.717, 1.165) is 24.1 Å². The summed E-state index contributed by atoms with van der Waals surface area (Å²) in [5.41, 5.74) is 1.21. The minimum absolute atomic E-state index is 0.133. The number of rotatable bonds is 3. The van der Waals surface area contributed by atoms with Gasteiger partial charge in [-0.25, -0.2) is 0 Å². The fourth-order valence-corrected chi connectivity index (χ4v) is 3.31. The molecule has 1 aromatic heterocycles. The first-order valence-electron chi connectivity index (χ1n) is 5.06. The Balaban J connectivity index is 2.25. The third kappa shape index (κ3) is 2.21. The normalized spacial score (nSPS) is 19.9. The Morgan fingerprint density at radius 3 is 3.20 bits per heavy atom. The molecule has 1 aliphatic carbocycles. The highest BCUT2D eigenvalue weighted by Crippen LogP contribution is 2.37. The van der Waals surface area contributed by atoms with Crippen LogP contribution in [0.2, 0.25) is 0 Å². The summed E-state index contributed by atoms with van der Waals surface area (Å²) in [5, 5.41) is 8.73. The second-order valence-electron chi connectivity index (χ2n) is 3.78. The molecule has 1 heterocycles. The zero-order valence-electron chi connectivity index (χ0n) is 8.66. The maximum absolute atomic E-state index is 10.6. The number of aliphatic carboxylic acids is 1. The van der Waals surface area contributed by atoms with Gasteiger partial charge in [-0.1, -0.05) is 0 Å². The van der Waals surface area contributed by atoms with E-state index in [2.05, 4.69) is 0 Å². The summed E-state index contributed by atoms with van der Waals surface area (Å²) in [5.74, 6) is -0.762. The Labute approximate surface area is 92.7 Å². The van der Waals surface area contributed by atoms with E-state index in [1.807, 2.05) is 6.07 Å². The molecule has 0 aliphatic heterocycles. The van der Waals surface area contributed by atoms with Crippen LogP contribution in [0.4, 0.5) is 0 Å². The first kappa shape index (κ1) is 10.6. The van der Waals surface area contributed by atoms with Crippen molar-refractivity contribution in [3.8, 4) is 0 Å². The number of thiophene rings is 1. The van der Waals surface area contributed by atoms with Crippen molar-refractivity contribution in [2.24, 2.45) is 0 Å². The van der Waals surface area contributed by atoms with Gasteiger partial charge in [-0.3, -0.25) is 4.79 Å². The van der Waals surface area contributed by atoms with Crippen LogP contribution in [-0.2, 0) is 22.4 Å². The number of fused-ring (bicyclic) bond motifs is 1. The summed E-state index contributed by atoms with van der Waals surface area (Å²) in [6.07, 6.45) is 3.56. The van der Waals surface area contributed by atoms with Gasteiger partial charge in [0.2, 0.25) is 0 Å². The lowest BCUT2D eigenvalue weighted by molar-refractivity contribution is -0.136. The highest BCUT2D eigenvalue weighted by Gasteiger charge is 2.22. The second kappa shape index (κ2) is 4.33. The molecular weight excluding hydrogens is 212 g/mol. The van der Waals surface area contributed by atoms with Crippen LogP contribution >= 0.6 is 11.3 Å². The van der Waals surface area contributed by atoms with Crippen molar-refractivity contribution in [3.05, 3.63) is 21.4 Å². The van der Waals surface area contributed by atoms with Crippen LogP contribution < -0.4 is 0 Å². The number of aryl methyl sites for hydroxylation is 1. The molecular formula is C11H14O3S. The summed E-state index contributed by atoms with van der Waals surface area (Å²) in [7, 11) is 1.72. The molecule has 2 rings (SSSR count). The number of hydrogen-bond acceptors (Lipinski definition) is 3. The molecule has 0 amide bonds. The van der Waals surface area contributed by atoms with Crippen molar-refractivity contribution in [2.75, 3.05) is 7.11 Å². The highest BCUT2D eigenvalue weighted by atomic mass is 32.1. The van der Waals surface area contributed by atoms with Gasteiger partial charge in [-0.05, 0) is 30.9 Å². The quantitative estimate of drug-likeness (QED) is 0.860. The van der Waals surface area contributed by atoms with Gasteiger partial charge in [0.25, 0.3) is 0 Å². The summed E-state index contributed by atoms with van der Waals surface area (Å²) in [6, 6.07) is 2.00. The first-order valence-corrected chi connectivity index (χ1v) is 5.88. The molecule has 0 bridgehead atoms. The lowest BCUT2D eigenvalue weighted by atomic mass is 9.96. The van der Waals surface area contributed by atoms with E-state index in [4.69, 9.17) is 9.84 Å². The SMILES string of the molecule is COC1CCCc2sc(CC(=O)O)cc21. The second-order valence-corrected chi connectivity index (χ2v) is 5.00. The van der Waals surface area contributed by atoms with E-state index < -0.39 is 5.97 Å². The molecule has 15 heavy (non-hydrogen) atoms. The van der Waals surface area contributed by atoms with Crippen molar-refractivity contribution < 1.29 is 14.6 Å². The molecule has 0 saturated heterocycles. The Bertz CT molecular complexity index is 370. The number of carboxylic acid groups (broad SMARTS) is 1. The first-order chi connectivity index (χ1) is 7.20. The van der Waals surface area contributed by atoms with Gasteiger partial charge >= 0.3 is 5.97 Å². The van der Waals surface area contributed by atoms with E-state index in [1.165, 1.54) is 10.4 Å². The monoisotopic (exact) mass is 226 g/mol. The Kier molecular flexibility index (Phi) is 3.07. The minimum atomic E-state index is -0.762. The predicted octanol–water partition coefficient (Wildman–Crippen LogP) is 2.40. The van der Waals surface area contributed by atoms with Crippen LogP contribution in [0.3, 0.4) is 0 Å². The average Bonchev–Trinajstić information content (AvgIpc) is 2.58. The van der Waals surface area contributed by atoms with Crippen LogP contribution in [0.5, 0.6) is 0 Å². The molecule has 0 radical (unpaired) electrons. The Morgan fingerprint density at radius 2 is 2.53 bits per heavy atom. The van der Waals surface area contributed by atoms with Crippen LogP contribution in [0.15, 0.2) is 6.07 Å². The van der Waals surface area contributed by atoms with Gasteiger partial charge in [0.1, 0.15) is 0 Å². The minimum Gasteiger partial charge on any atom is -0.481 e. The number of ether oxygens (including phenoxy) is 1. The van der Waals surface area contributed by atoms with Crippen molar-refractivity contribution >= 4 is 17.3 Å². The summed E-state index contributed by atoms with van der Waals surface area (Å²) in [4.78, 5) is 12.9. The van der Waals surface area contributed by atoms with Gasteiger partial charge in [0.15, 0.2) is 0 Å². The van der Waals surface area contributed by atoms with Gasteiger partial charge in [-0.15, -0.1) is 11.3 Å². The molecule has 0 aromatic carbocycles. The average molecular weight is 226 g/mol. The van der Waals surface area contributed by atoms with Crippen LogP contribution in [0.25, 0.3) is 0 Å². The lowest BCUT2D eigenvalue weighted by Gasteiger charge is -2.20. The van der Waals surface area contributed by atoms with E-state index in [9.17, 15) is 4.79 Å². The van der Waals surface area contributed by atoms with Crippen LogP contribution in [0.1, 0.15) is 34.3 Å². The number of hydrogen-bond donors (Lipinski definition) is 1. The molecule has 1 aromatic rings. The molecule has 1 aliphatic rings. The molecule has 4 heteroatoms. The van der Waals surface area contributed by atoms with Crippen molar-refractivity contribution in [3.63, 3.8) is 0 Å². The number of carboxylic acids is 1. The molecule has 1 atom stereocenters. The maximum atomic E-state index is 10.6. The van der Waals surface area contributed by atoms with Gasteiger partial charge in [0.05, 0.1) is 12.5 Å². The van der Waals surface area contributed by atoms with Gasteiger partial charge < -0.3 is 9.84 Å². The van der Waals surface area contributed by atoms with Crippen molar-refractivity contribution in [2.45, 2.75) is 31.8 Å². The molecule has 0 fully saturated rings. The number of carbonyl (C=O) groups is 1. The zero-order chi connectivity index (χ0) is 10.8. The Morgan fingerprint density at radius 1 is 1.73 bits per heavy atom. The molecule has 0 spiro atoms. The van der Waals surface area contributed by atoms with Crippen molar-refractivity contribution in [1.29, 1.82) is 0 Å². The van der Waals surface area contributed by atoms with Crippen LogP contribution in [-0.4, -0.2) is 18.2 Å². The topological polar surface area (TPSA) is 46.5 Å². The lowest BCUT2D eigenvalue weighted by Crippen LogP contribution is -2.08. The molecule has 1 N–H and O–H groups in total. The fraction of sp³-hybridized carbons (Fsp3) is 0.545. The van der Waals surface area contributed by atoms with E-state index in [0.29, 0.717) is 0 Å². The Hall–Kier alpha value is -0.870. The summed E-state index contributed by atoms with van der Waals surface area (Å²) in [6.45, 7) is 0. The van der Waals surface area contributed by atoms with Gasteiger partial charge in [-0.2, -0.15) is 0 Å². The largest absolute Gasteiger partial charge is 0.481 e. The zero-order valence-corrected chi connectivity index (χ0v) is 9.47. The van der Waals surface area contributed by atoms with E-state index in [1.54, 1.807) is 18.4 Å². The van der Waals surface area contributed by atoms with E-state index in [-0.39, 0.29) is 12.5 Å². The smallest absolute Gasteiger partial charge is 0.308 e. The van der Waals surface area contributed by atoms with Gasteiger partial charge in [0, 0.05) is 16.9 Å². The van der Waals surface area contributed by atoms with E-state index >= 15 is 0 Å². The highest BCUT2D eigenvalue weighted by molar-refractivity contribution is 7.12. The third-order valence-corrected chi connectivity index (χ3v) is 3.93. The standard InChI is InChI=1S/C11H14O3S/c1-14-9-3-2-4-10-8(9)5-7(15-10)6-11(12)13/h5,9H,2-4,6H2,1H3,(H,12,13). The van der Waals surface area contributed by atoms with Crippen molar-refractivity contribution in [1.82, 2.24) is 0 Å². The predicted molar refractivity (Wildman–Crippen MR) is 58.3 cm³/mol. The molecule has 3 nitrogen and oxygen atoms in total. The van der Waals surface area contributed by atoms with Crippen LogP contribution in [0, 0.1) is 0 Å². The fourth-order valence-electron chi connectivity index (χ4n) is 2.05. The summed E-state index contributed by atoms with van der Waals surface area (Å²) < 4.78 is 5.40. The summed E-state index contributed by atoms with van der Waals surface area (Å²) >= 11 is 1.62. The number of methoxy groups -OCH3 is 1.